The molecule has 1 aromatic heterocycles. The van der Waals surface area contributed by atoms with Crippen LogP contribution in [0.3, 0.4) is 0 Å². The monoisotopic (exact) mass is 410 g/mol. The fourth-order valence-corrected chi connectivity index (χ4v) is 3.12. The Kier molecular flexibility index (Phi) is 6.15. The van der Waals surface area contributed by atoms with Crippen LogP contribution in [0.2, 0.25) is 5.02 Å². The van der Waals surface area contributed by atoms with Crippen molar-refractivity contribution in [3.63, 3.8) is 0 Å². The van der Waals surface area contributed by atoms with Crippen LogP contribution in [0.1, 0.15) is 17.5 Å². The number of amides is 1. The Balaban J connectivity index is 1.96. The molecule has 0 N–H and O–H groups in total. The Labute approximate surface area is 172 Å². The van der Waals surface area contributed by atoms with Crippen molar-refractivity contribution >= 4 is 23.2 Å². The van der Waals surface area contributed by atoms with E-state index in [1.54, 1.807) is 18.2 Å². The van der Waals surface area contributed by atoms with E-state index < -0.39 is 5.76 Å². The standard InChI is InChI=1S/C21H19ClN4O3/c1-14-6-3-4-7-17(14)20-24-29-21(28)26(20)13-19(27)25(11-5-10-23)16-8-9-18(22)15(2)12-16/h3-4,6-9,12H,5,11,13H2,1-2H3. The van der Waals surface area contributed by atoms with Crippen LogP contribution in [0.25, 0.3) is 11.4 Å². The van der Waals surface area contributed by atoms with Gasteiger partial charge in [0.05, 0.1) is 12.5 Å². The third-order valence-corrected chi connectivity index (χ3v) is 4.99. The van der Waals surface area contributed by atoms with Crippen molar-refractivity contribution in [1.82, 2.24) is 9.72 Å². The quantitative estimate of drug-likeness (QED) is 0.617. The highest BCUT2D eigenvalue weighted by Crippen LogP contribution is 2.24. The van der Waals surface area contributed by atoms with E-state index in [0.29, 0.717) is 16.3 Å². The number of rotatable bonds is 6. The van der Waals surface area contributed by atoms with Crippen LogP contribution in [0.5, 0.6) is 0 Å². The van der Waals surface area contributed by atoms with Crippen molar-refractivity contribution in [2.45, 2.75) is 26.8 Å². The average Bonchev–Trinajstić information content (AvgIpc) is 3.05. The van der Waals surface area contributed by atoms with Gasteiger partial charge in [-0.3, -0.25) is 9.32 Å². The van der Waals surface area contributed by atoms with Gasteiger partial charge in [-0.25, -0.2) is 9.36 Å². The molecule has 0 aliphatic rings. The lowest BCUT2D eigenvalue weighted by Crippen LogP contribution is -2.36. The minimum atomic E-state index is -0.718. The van der Waals surface area contributed by atoms with E-state index in [1.165, 1.54) is 9.47 Å². The molecule has 1 heterocycles. The lowest BCUT2D eigenvalue weighted by atomic mass is 10.1. The predicted octanol–water partition coefficient (Wildman–Crippen LogP) is 3.72. The molecule has 0 bridgehead atoms. The number of aromatic nitrogens is 2. The number of halogens is 1. The molecule has 3 rings (SSSR count). The summed E-state index contributed by atoms with van der Waals surface area (Å²) in [6.45, 7) is 3.64. The van der Waals surface area contributed by atoms with Gasteiger partial charge in [0, 0.05) is 22.8 Å². The first kappa shape index (κ1) is 20.4. The van der Waals surface area contributed by atoms with Crippen molar-refractivity contribution in [3.05, 3.63) is 69.2 Å². The van der Waals surface area contributed by atoms with Crippen LogP contribution in [-0.4, -0.2) is 22.2 Å². The SMILES string of the molecule is Cc1cc(N(CCC#N)C(=O)Cn2c(-c3ccccc3C)noc2=O)ccc1Cl. The maximum absolute atomic E-state index is 13.1. The molecular formula is C21H19ClN4O3. The zero-order chi connectivity index (χ0) is 21.0. The van der Waals surface area contributed by atoms with E-state index in [2.05, 4.69) is 5.16 Å². The number of carbonyl (C=O) groups excluding carboxylic acids is 1. The predicted molar refractivity (Wildman–Crippen MR) is 110 cm³/mol. The smallest absolute Gasteiger partial charge is 0.310 e. The minimum absolute atomic E-state index is 0.149. The molecule has 0 saturated carbocycles. The number of hydrogen-bond donors (Lipinski definition) is 0. The second-order valence-corrected chi connectivity index (χ2v) is 6.97. The summed E-state index contributed by atoms with van der Waals surface area (Å²) >= 11 is 6.09. The van der Waals surface area contributed by atoms with Crippen LogP contribution < -0.4 is 10.7 Å². The van der Waals surface area contributed by atoms with Crippen LogP contribution in [0.4, 0.5) is 5.69 Å². The Bertz CT molecular complexity index is 1140. The molecule has 0 unspecified atom stereocenters. The summed E-state index contributed by atoms with van der Waals surface area (Å²) in [7, 11) is 0. The largest absolute Gasteiger partial charge is 0.442 e. The lowest BCUT2D eigenvalue weighted by Gasteiger charge is -2.22. The van der Waals surface area contributed by atoms with E-state index in [4.69, 9.17) is 21.4 Å². The van der Waals surface area contributed by atoms with Crippen molar-refractivity contribution in [2.24, 2.45) is 0 Å². The van der Waals surface area contributed by atoms with E-state index >= 15 is 0 Å². The first-order chi connectivity index (χ1) is 13.9. The van der Waals surface area contributed by atoms with Gasteiger partial charge in [0.25, 0.3) is 0 Å². The summed E-state index contributed by atoms with van der Waals surface area (Å²) in [6, 6.07) is 14.6. The Morgan fingerprint density at radius 1 is 1.24 bits per heavy atom. The maximum Gasteiger partial charge on any atom is 0.442 e. The van der Waals surface area contributed by atoms with Gasteiger partial charge in [0.1, 0.15) is 6.54 Å². The molecule has 0 aliphatic carbocycles. The molecule has 8 heteroatoms. The highest BCUT2D eigenvalue weighted by atomic mass is 35.5. The second kappa shape index (κ2) is 8.76. The number of nitriles is 1. The molecular weight excluding hydrogens is 392 g/mol. The molecule has 2 aromatic carbocycles. The molecule has 1 amide bonds. The van der Waals surface area contributed by atoms with Crippen LogP contribution in [0, 0.1) is 25.2 Å². The third kappa shape index (κ3) is 4.39. The molecule has 0 atom stereocenters. The Morgan fingerprint density at radius 2 is 2.00 bits per heavy atom. The minimum Gasteiger partial charge on any atom is -0.310 e. The normalized spacial score (nSPS) is 10.6. The summed E-state index contributed by atoms with van der Waals surface area (Å²) in [5, 5.41) is 13.4. The number of benzene rings is 2. The number of hydrogen-bond acceptors (Lipinski definition) is 5. The molecule has 3 aromatic rings. The summed E-state index contributed by atoms with van der Waals surface area (Å²) < 4.78 is 6.03. The highest BCUT2D eigenvalue weighted by Gasteiger charge is 2.22. The van der Waals surface area contributed by atoms with Gasteiger partial charge in [-0.1, -0.05) is 41.0 Å². The summed E-state index contributed by atoms with van der Waals surface area (Å²) in [4.78, 5) is 26.8. The fraction of sp³-hybridized carbons (Fsp3) is 0.238. The molecule has 0 fully saturated rings. The van der Waals surface area contributed by atoms with Crippen molar-refractivity contribution in [3.8, 4) is 17.5 Å². The number of carbonyl (C=O) groups is 1. The molecule has 29 heavy (non-hydrogen) atoms. The van der Waals surface area contributed by atoms with Crippen LogP contribution >= 0.6 is 11.6 Å². The van der Waals surface area contributed by atoms with Gasteiger partial charge < -0.3 is 4.90 Å². The second-order valence-electron chi connectivity index (χ2n) is 6.56. The lowest BCUT2D eigenvalue weighted by molar-refractivity contribution is -0.119. The van der Waals surface area contributed by atoms with Crippen LogP contribution in [0.15, 0.2) is 51.8 Å². The van der Waals surface area contributed by atoms with Gasteiger partial charge in [-0.15, -0.1) is 0 Å². The molecule has 7 nitrogen and oxygen atoms in total. The Morgan fingerprint density at radius 3 is 2.69 bits per heavy atom. The molecule has 0 radical (unpaired) electrons. The fourth-order valence-electron chi connectivity index (χ4n) is 3.00. The summed E-state index contributed by atoms with van der Waals surface area (Å²) in [5.41, 5.74) is 3.02. The van der Waals surface area contributed by atoms with Crippen molar-refractivity contribution in [2.75, 3.05) is 11.4 Å². The third-order valence-electron chi connectivity index (χ3n) is 4.57. The topological polar surface area (TPSA) is 92.1 Å². The zero-order valence-corrected chi connectivity index (χ0v) is 16.8. The van der Waals surface area contributed by atoms with E-state index in [0.717, 1.165) is 11.1 Å². The van der Waals surface area contributed by atoms with Crippen LogP contribution in [-0.2, 0) is 11.3 Å². The zero-order valence-electron chi connectivity index (χ0n) is 16.1. The molecule has 0 aliphatic heterocycles. The number of anilines is 1. The average molecular weight is 411 g/mol. The number of nitrogens with zero attached hydrogens (tertiary/aromatic N) is 4. The first-order valence-corrected chi connectivity index (χ1v) is 9.36. The van der Waals surface area contributed by atoms with Gasteiger partial charge in [-0.05, 0) is 43.2 Å². The van der Waals surface area contributed by atoms with Crippen molar-refractivity contribution < 1.29 is 9.32 Å². The molecule has 148 valence electrons. The summed E-state index contributed by atoms with van der Waals surface area (Å²) in [5.74, 6) is -0.791. The number of aryl methyl sites for hydroxylation is 2. The van der Waals surface area contributed by atoms with Gasteiger partial charge >= 0.3 is 5.76 Å². The van der Waals surface area contributed by atoms with Gasteiger partial charge in [0.2, 0.25) is 5.91 Å². The highest BCUT2D eigenvalue weighted by molar-refractivity contribution is 6.31. The van der Waals surface area contributed by atoms with Gasteiger partial charge in [-0.2, -0.15) is 5.26 Å². The summed E-state index contributed by atoms with van der Waals surface area (Å²) in [6.07, 6.45) is 0.149. The molecule has 0 spiro atoms. The Hall–Kier alpha value is -3.37. The first-order valence-electron chi connectivity index (χ1n) is 8.98. The van der Waals surface area contributed by atoms with E-state index in [1.807, 2.05) is 44.2 Å². The molecule has 0 saturated heterocycles. The van der Waals surface area contributed by atoms with Crippen molar-refractivity contribution in [1.29, 1.82) is 5.26 Å². The van der Waals surface area contributed by atoms with Gasteiger partial charge in [0.15, 0.2) is 5.82 Å². The van der Waals surface area contributed by atoms with E-state index in [-0.39, 0.29) is 31.2 Å². The maximum atomic E-state index is 13.1. The van der Waals surface area contributed by atoms with E-state index in [9.17, 15) is 9.59 Å².